The fourth-order valence-corrected chi connectivity index (χ4v) is 5.02. The van der Waals surface area contributed by atoms with E-state index in [4.69, 9.17) is 42.4 Å². The van der Waals surface area contributed by atoms with Crippen molar-refractivity contribution in [3.63, 3.8) is 0 Å². The summed E-state index contributed by atoms with van der Waals surface area (Å²) in [6.07, 6.45) is 3.12. The maximum absolute atomic E-state index is 13.6. The van der Waals surface area contributed by atoms with E-state index in [0.29, 0.717) is 52.7 Å². The van der Waals surface area contributed by atoms with Gasteiger partial charge in [-0.3, -0.25) is 9.59 Å². The van der Waals surface area contributed by atoms with Crippen molar-refractivity contribution in [3.05, 3.63) is 87.3 Å². The zero-order chi connectivity index (χ0) is 26.1. The van der Waals surface area contributed by atoms with Gasteiger partial charge in [-0.15, -0.1) is 0 Å². The number of carbonyl (C=O) groups excluding carboxylic acids is 2. The Bertz CT molecular complexity index is 1500. The highest BCUT2D eigenvalue weighted by Gasteiger charge is 2.36. The Kier molecular flexibility index (Phi) is 6.95. The minimum absolute atomic E-state index is 0.232. The first-order valence-electron chi connectivity index (χ1n) is 11.5. The number of benzene rings is 2. The maximum atomic E-state index is 13.6. The molecule has 0 saturated heterocycles. The molecule has 1 aliphatic rings. The smallest absolute Gasteiger partial charge is 0.261 e. The van der Waals surface area contributed by atoms with E-state index in [9.17, 15) is 9.59 Å². The Morgan fingerprint density at radius 2 is 1.84 bits per heavy atom. The maximum Gasteiger partial charge on any atom is 0.261 e. The number of hydrogen-bond acceptors (Lipinski definition) is 6. The number of hydrogen-bond donors (Lipinski definition) is 0. The van der Waals surface area contributed by atoms with Gasteiger partial charge in [-0.2, -0.15) is 0 Å². The van der Waals surface area contributed by atoms with Crippen molar-refractivity contribution < 1.29 is 23.8 Å². The second-order valence-corrected chi connectivity index (χ2v) is 9.31. The number of methoxy groups -OCH3 is 2. The first-order chi connectivity index (χ1) is 17.9. The van der Waals surface area contributed by atoms with Crippen LogP contribution in [-0.2, 0) is 11.2 Å². The molecule has 0 N–H and O–H groups in total. The molecule has 190 valence electrons. The third kappa shape index (κ3) is 4.70. The first-order valence-corrected chi connectivity index (χ1v) is 12.2. The van der Waals surface area contributed by atoms with Crippen LogP contribution in [0.15, 0.2) is 54.7 Å². The molecule has 1 atom stereocenters. The molecule has 0 bridgehead atoms. The minimum atomic E-state index is -0.469. The number of nitrogens with zero attached hydrogens (tertiary/aromatic N) is 3. The average molecular weight is 540 g/mol. The van der Waals surface area contributed by atoms with Crippen molar-refractivity contribution in [3.8, 4) is 17.2 Å². The molecule has 1 aliphatic heterocycles. The number of aldehydes is 1. The monoisotopic (exact) mass is 539 g/mol. The van der Waals surface area contributed by atoms with Crippen LogP contribution in [0.5, 0.6) is 17.2 Å². The fraction of sp³-hybridized carbons (Fsp3) is 0.222. The molecule has 0 spiro atoms. The van der Waals surface area contributed by atoms with Crippen molar-refractivity contribution >= 4 is 41.0 Å². The summed E-state index contributed by atoms with van der Waals surface area (Å²) in [7, 11) is 3.14. The molecule has 0 radical (unpaired) electrons. The number of imidazole rings is 1. The average Bonchev–Trinajstić information content (AvgIpc) is 3.28. The molecular weight excluding hydrogens is 517 g/mol. The summed E-state index contributed by atoms with van der Waals surface area (Å²) in [5.41, 5.74) is 3.72. The largest absolute Gasteiger partial charge is 0.493 e. The summed E-state index contributed by atoms with van der Waals surface area (Å²) in [5, 5.41) is 0.838. The summed E-state index contributed by atoms with van der Waals surface area (Å²) in [4.78, 5) is 31.1. The van der Waals surface area contributed by atoms with Crippen molar-refractivity contribution in [2.75, 3.05) is 27.4 Å². The van der Waals surface area contributed by atoms with Crippen LogP contribution in [0.2, 0.25) is 10.0 Å². The number of pyridine rings is 1. The van der Waals surface area contributed by atoms with Crippen molar-refractivity contribution in [1.29, 1.82) is 0 Å². The van der Waals surface area contributed by atoms with Gasteiger partial charge in [-0.25, -0.2) is 4.98 Å². The Morgan fingerprint density at radius 3 is 2.57 bits per heavy atom. The second kappa shape index (κ2) is 10.3. The standard InChI is InChI=1S/C27H23Cl2N3O5/c1-35-22-6-4-17(12-23(22)36-2)26-27-20(30-24-13-18(28)7-9-31(24)27)8-10-32(26)25(34)15-37-21-5-3-16(14-33)11-19(21)29/h3-7,9,11-14,26H,8,10,15H2,1-2H3. The van der Waals surface area contributed by atoms with E-state index in [2.05, 4.69) is 0 Å². The lowest BCUT2D eigenvalue weighted by Gasteiger charge is -2.36. The molecule has 0 saturated carbocycles. The lowest BCUT2D eigenvalue weighted by molar-refractivity contribution is -0.135. The minimum Gasteiger partial charge on any atom is -0.493 e. The number of halogens is 2. The van der Waals surface area contributed by atoms with Crippen LogP contribution in [-0.4, -0.2) is 53.8 Å². The summed E-state index contributed by atoms with van der Waals surface area (Å²) in [5.74, 6) is 1.23. The highest BCUT2D eigenvalue weighted by molar-refractivity contribution is 6.32. The van der Waals surface area contributed by atoms with E-state index in [1.54, 1.807) is 43.4 Å². The van der Waals surface area contributed by atoms with Gasteiger partial charge in [0, 0.05) is 35.8 Å². The highest BCUT2D eigenvalue weighted by atomic mass is 35.5. The van der Waals surface area contributed by atoms with E-state index in [1.165, 1.54) is 6.07 Å². The topological polar surface area (TPSA) is 82.4 Å². The lowest BCUT2D eigenvalue weighted by atomic mass is 9.95. The molecule has 0 fully saturated rings. The van der Waals surface area contributed by atoms with Gasteiger partial charge >= 0.3 is 0 Å². The molecule has 8 nitrogen and oxygen atoms in total. The molecule has 1 amide bonds. The molecule has 2 aromatic heterocycles. The van der Waals surface area contributed by atoms with Crippen LogP contribution >= 0.6 is 23.2 Å². The predicted molar refractivity (Wildman–Crippen MR) is 139 cm³/mol. The molecule has 0 aliphatic carbocycles. The molecule has 37 heavy (non-hydrogen) atoms. The van der Waals surface area contributed by atoms with Crippen LogP contribution < -0.4 is 14.2 Å². The zero-order valence-corrected chi connectivity index (χ0v) is 21.6. The van der Waals surface area contributed by atoms with Crippen LogP contribution in [0, 0.1) is 0 Å². The van der Waals surface area contributed by atoms with E-state index in [0.717, 1.165) is 17.0 Å². The van der Waals surface area contributed by atoms with Crippen LogP contribution in [0.25, 0.3) is 5.65 Å². The lowest BCUT2D eigenvalue weighted by Crippen LogP contribution is -2.43. The molecular formula is C27H23Cl2N3O5. The second-order valence-electron chi connectivity index (χ2n) is 8.47. The van der Waals surface area contributed by atoms with Crippen molar-refractivity contribution in [2.24, 2.45) is 0 Å². The molecule has 10 heteroatoms. The zero-order valence-electron chi connectivity index (χ0n) is 20.1. The number of rotatable bonds is 7. The number of aromatic nitrogens is 2. The summed E-state index contributed by atoms with van der Waals surface area (Å²) < 4.78 is 18.7. The molecule has 4 aromatic rings. The van der Waals surface area contributed by atoms with Gasteiger partial charge in [0.25, 0.3) is 5.91 Å². The Labute approximate surface area is 223 Å². The number of amides is 1. The number of ether oxygens (including phenoxy) is 3. The van der Waals surface area contributed by atoms with E-state index >= 15 is 0 Å². The van der Waals surface area contributed by atoms with E-state index in [1.807, 2.05) is 28.8 Å². The Hall–Kier alpha value is -3.75. The molecule has 2 aromatic carbocycles. The number of fused-ring (bicyclic) bond motifs is 3. The van der Waals surface area contributed by atoms with Crippen LogP contribution in [0.4, 0.5) is 0 Å². The first kappa shape index (κ1) is 24.9. The summed E-state index contributed by atoms with van der Waals surface area (Å²) in [6.45, 7) is 0.200. The van der Waals surface area contributed by atoms with E-state index in [-0.39, 0.29) is 17.5 Å². The molecule has 3 heterocycles. The SMILES string of the molecule is COc1ccc(C2c3c(nc4cc(Cl)ccn34)CCN2C(=O)COc2ccc(C=O)cc2Cl)cc1OC. The predicted octanol–water partition coefficient (Wildman–Crippen LogP) is 5.02. The normalized spacial score (nSPS) is 14.8. The van der Waals surface area contributed by atoms with Crippen LogP contribution in [0.1, 0.15) is 33.4 Å². The third-order valence-corrected chi connectivity index (χ3v) is 6.88. The Morgan fingerprint density at radius 1 is 1.05 bits per heavy atom. The number of carbonyl (C=O) groups is 2. The summed E-state index contributed by atoms with van der Waals surface area (Å²) >= 11 is 12.5. The van der Waals surface area contributed by atoms with Gasteiger partial charge in [0.15, 0.2) is 18.1 Å². The van der Waals surface area contributed by atoms with E-state index < -0.39 is 6.04 Å². The van der Waals surface area contributed by atoms with Crippen molar-refractivity contribution in [1.82, 2.24) is 14.3 Å². The summed E-state index contributed by atoms with van der Waals surface area (Å²) in [6, 6.07) is 13.4. The van der Waals surface area contributed by atoms with Gasteiger partial charge in [-0.1, -0.05) is 29.3 Å². The van der Waals surface area contributed by atoms with Gasteiger partial charge < -0.3 is 23.5 Å². The molecule has 5 rings (SSSR count). The van der Waals surface area contributed by atoms with Gasteiger partial charge in [-0.05, 0) is 42.0 Å². The quantitative estimate of drug-likeness (QED) is 0.306. The highest BCUT2D eigenvalue weighted by Crippen LogP contribution is 2.39. The van der Waals surface area contributed by atoms with Gasteiger partial charge in [0.1, 0.15) is 17.7 Å². The Balaban J connectivity index is 1.54. The molecule has 1 unspecified atom stereocenters. The third-order valence-electron chi connectivity index (χ3n) is 6.35. The van der Waals surface area contributed by atoms with Gasteiger partial charge in [0.2, 0.25) is 0 Å². The van der Waals surface area contributed by atoms with Gasteiger partial charge in [0.05, 0.1) is 36.7 Å². The van der Waals surface area contributed by atoms with Crippen LogP contribution in [0.3, 0.4) is 0 Å². The van der Waals surface area contributed by atoms with Crippen molar-refractivity contribution in [2.45, 2.75) is 12.5 Å². The fourth-order valence-electron chi connectivity index (χ4n) is 4.62.